The third-order valence-electron chi connectivity index (χ3n) is 4.87. The molecular formula is C25H17BrI2N2O4S. The van der Waals surface area contributed by atoms with Crippen LogP contribution in [0.25, 0.3) is 6.08 Å². The van der Waals surface area contributed by atoms with E-state index in [4.69, 9.17) is 4.74 Å². The van der Waals surface area contributed by atoms with E-state index in [2.05, 4.69) is 66.4 Å². The molecule has 0 saturated carbocycles. The number of amides is 3. The first-order valence-electron chi connectivity index (χ1n) is 10.3. The van der Waals surface area contributed by atoms with Gasteiger partial charge in [0.05, 0.1) is 17.7 Å². The fraction of sp³-hybridized carbons (Fsp3) is 0.0800. The second-order valence-electron chi connectivity index (χ2n) is 7.38. The summed E-state index contributed by atoms with van der Waals surface area (Å²) in [6.07, 6.45) is 1.67. The number of nitrogens with one attached hydrogen (secondary N) is 1. The molecule has 0 unspecified atom stereocenters. The van der Waals surface area contributed by atoms with Crippen molar-refractivity contribution in [2.24, 2.45) is 0 Å². The lowest BCUT2D eigenvalue weighted by Gasteiger charge is -2.13. The smallest absolute Gasteiger partial charge is 0.294 e. The maximum absolute atomic E-state index is 12.9. The van der Waals surface area contributed by atoms with Crippen molar-refractivity contribution in [2.75, 3.05) is 11.9 Å². The summed E-state index contributed by atoms with van der Waals surface area (Å²) in [5.74, 6) is -0.176. The maximum Gasteiger partial charge on any atom is 0.294 e. The second-order valence-corrected chi connectivity index (χ2v) is 11.6. The minimum absolute atomic E-state index is 0.272. The molecule has 0 radical (unpaired) electrons. The number of halogens is 3. The van der Waals surface area contributed by atoms with E-state index in [0.717, 1.165) is 40.7 Å². The van der Waals surface area contributed by atoms with Crippen LogP contribution in [0.5, 0.6) is 5.75 Å². The van der Waals surface area contributed by atoms with Gasteiger partial charge in [0.2, 0.25) is 5.91 Å². The molecule has 3 aromatic rings. The van der Waals surface area contributed by atoms with E-state index in [1.54, 1.807) is 24.3 Å². The highest BCUT2D eigenvalue weighted by molar-refractivity contribution is 14.1. The third-order valence-corrected chi connectivity index (χ3v) is 8.07. The summed E-state index contributed by atoms with van der Waals surface area (Å²) >= 11 is 8.58. The zero-order valence-corrected chi connectivity index (χ0v) is 24.7. The molecule has 6 nitrogen and oxygen atoms in total. The fourth-order valence-corrected chi connectivity index (χ4v) is 6.56. The molecule has 1 fully saturated rings. The summed E-state index contributed by atoms with van der Waals surface area (Å²) in [5, 5.41) is 2.23. The molecule has 1 N–H and O–H groups in total. The number of hydrogen-bond acceptors (Lipinski definition) is 5. The van der Waals surface area contributed by atoms with E-state index in [0.29, 0.717) is 16.8 Å². The summed E-state index contributed by atoms with van der Waals surface area (Å²) in [7, 11) is 0. The fourth-order valence-electron chi connectivity index (χ4n) is 3.21. The molecule has 0 atom stereocenters. The van der Waals surface area contributed by atoms with E-state index in [9.17, 15) is 14.4 Å². The zero-order valence-electron chi connectivity index (χ0n) is 18.0. The Labute approximate surface area is 242 Å². The number of carbonyl (C=O) groups is 3. The van der Waals surface area contributed by atoms with Gasteiger partial charge in [-0.2, -0.15) is 0 Å². The quantitative estimate of drug-likeness (QED) is 0.209. The van der Waals surface area contributed by atoms with E-state index in [-0.39, 0.29) is 11.4 Å². The van der Waals surface area contributed by atoms with Crippen LogP contribution in [0, 0.1) is 7.14 Å². The Bertz CT molecular complexity index is 1310. The van der Waals surface area contributed by atoms with Crippen LogP contribution < -0.4 is 10.1 Å². The largest absolute Gasteiger partial charge is 0.487 e. The number of rotatable bonds is 7. The number of thioether (sulfide) groups is 1. The van der Waals surface area contributed by atoms with Crippen molar-refractivity contribution < 1.29 is 19.1 Å². The van der Waals surface area contributed by atoms with Crippen LogP contribution in [0.1, 0.15) is 11.1 Å². The highest BCUT2D eigenvalue weighted by atomic mass is 127. The van der Waals surface area contributed by atoms with Gasteiger partial charge < -0.3 is 10.1 Å². The minimum atomic E-state index is -0.489. The Hall–Kier alpha value is -1.90. The normalized spacial score (nSPS) is 14.5. The number of nitrogens with zero attached hydrogens (tertiary/aromatic N) is 1. The van der Waals surface area contributed by atoms with Crippen molar-refractivity contribution in [3.63, 3.8) is 0 Å². The number of hydrogen-bond donors (Lipinski definition) is 1. The molecule has 0 aromatic heterocycles. The van der Waals surface area contributed by atoms with Gasteiger partial charge in [-0.05, 0) is 114 Å². The Morgan fingerprint density at radius 1 is 1.03 bits per heavy atom. The van der Waals surface area contributed by atoms with E-state index in [1.807, 2.05) is 48.5 Å². The molecule has 3 aromatic carbocycles. The van der Waals surface area contributed by atoms with Crippen molar-refractivity contribution in [1.82, 2.24) is 4.90 Å². The summed E-state index contributed by atoms with van der Waals surface area (Å²) in [5.41, 5.74) is 2.41. The predicted octanol–water partition coefficient (Wildman–Crippen LogP) is 6.91. The average molecular weight is 775 g/mol. The topological polar surface area (TPSA) is 75.7 Å². The molecular weight excluding hydrogens is 758 g/mol. The molecule has 3 amide bonds. The molecule has 178 valence electrons. The van der Waals surface area contributed by atoms with Gasteiger partial charge in [0.15, 0.2) is 0 Å². The highest BCUT2D eigenvalue weighted by Gasteiger charge is 2.36. The summed E-state index contributed by atoms with van der Waals surface area (Å²) in [4.78, 5) is 39.0. The van der Waals surface area contributed by atoms with Gasteiger partial charge in [-0.1, -0.05) is 42.5 Å². The van der Waals surface area contributed by atoms with Crippen LogP contribution in [-0.4, -0.2) is 28.5 Å². The summed E-state index contributed by atoms with van der Waals surface area (Å²) < 4.78 is 8.51. The first-order chi connectivity index (χ1) is 16.8. The SMILES string of the molecule is O=C(CN1C(=O)S/C(=C/c2cc(I)c(OCc3ccccc3)c(I)c2)C1=O)Nc1ccccc1Br. The Kier molecular flexibility index (Phi) is 8.89. The van der Waals surface area contributed by atoms with Gasteiger partial charge in [0.1, 0.15) is 18.9 Å². The number of ether oxygens (including phenoxy) is 1. The van der Waals surface area contributed by atoms with Crippen LogP contribution in [0.2, 0.25) is 0 Å². The lowest BCUT2D eigenvalue weighted by Crippen LogP contribution is -2.36. The molecule has 4 rings (SSSR count). The molecule has 1 aliphatic rings. The lowest BCUT2D eigenvalue weighted by atomic mass is 10.2. The molecule has 0 aliphatic carbocycles. The molecule has 10 heteroatoms. The monoisotopic (exact) mass is 774 g/mol. The third kappa shape index (κ3) is 6.66. The number of benzene rings is 3. The number of imide groups is 1. The van der Waals surface area contributed by atoms with Crippen LogP contribution >= 0.6 is 72.9 Å². The van der Waals surface area contributed by atoms with Crippen molar-refractivity contribution in [2.45, 2.75) is 6.61 Å². The first-order valence-corrected chi connectivity index (χ1v) is 14.0. The molecule has 1 heterocycles. The number of carbonyl (C=O) groups excluding carboxylic acids is 3. The van der Waals surface area contributed by atoms with Gasteiger partial charge in [-0.3, -0.25) is 19.3 Å². The van der Waals surface area contributed by atoms with Crippen molar-refractivity contribution in [3.8, 4) is 5.75 Å². The molecule has 35 heavy (non-hydrogen) atoms. The standard InChI is InChI=1S/C25H17BrI2N2O4S/c26-17-8-4-5-9-20(17)29-22(31)13-30-24(32)21(35-25(30)33)12-16-10-18(27)23(19(28)11-16)34-14-15-6-2-1-3-7-15/h1-12H,13-14H2,(H,29,31)/b21-12+. The Balaban J connectivity index is 1.44. The van der Waals surface area contributed by atoms with Crippen molar-refractivity contribution >= 4 is 102 Å². The lowest BCUT2D eigenvalue weighted by molar-refractivity contribution is -0.127. The van der Waals surface area contributed by atoms with Crippen LogP contribution in [0.3, 0.4) is 0 Å². The van der Waals surface area contributed by atoms with Crippen molar-refractivity contribution in [3.05, 3.63) is 94.4 Å². The molecule has 1 aliphatic heterocycles. The van der Waals surface area contributed by atoms with E-state index in [1.165, 1.54) is 0 Å². The van der Waals surface area contributed by atoms with Gasteiger partial charge >= 0.3 is 0 Å². The first kappa shape index (κ1) is 26.2. The van der Waals surface area contributed by atoms with E-state index < -0.39 is 17.1 Å². The minimum Gasteiger partial charge on any atom is -0.487 e. The van der Waals surface area contributed by atoms with Crippen LogP contribution in [-0.2, 0) is 16.2 Å². The van der Waals surface area contributed by atoms with E-state index >= 15 is 0 Å². The number of anilines is 1. The predicted molar refractivity (Wildman–Crippen MR) is 158 cm³/mol. The van der Waals surface area contributed by atoms with Gasteiger partial charge in [0, 0.05) is 4.47 Å². The Morgan fingerprint density at radius 3 is 2.37 bits per heavy atom. The van der Waals surface area contributed by atoms with Gasteiger partial charge in [0.25, 0.3) is 11.1 Å². The van der Waals surface area contributed by atoms with Crippen LogP contribution in [0.4, 0.5) is 10.5 Å². The Morgan fingerprint density at radius 2 is 1.69 bits per heavy atom. The molecule has 1 saturated heterocycles. The van der Waals surface area contributed by atoms with Crippen LogP contribution in [0.15, 0.2) is 76.1 Å². The summed E-state index contributed by atoms with van der Waals surface area (Å²) in [6.45, 7) is 0.0946. The maximum atomic E-state index is 12.9. The summed E-state index contributed by atoms with van der Waals surface area (Å²) in [6, 6.07) is 20.8. The van der Waals surface area contributed by atoms with Gasteiger partial charge in [-0.25, -0.2) is 0 Å². The molecule has 0 bridgehead atoms. The second kappa shape index (κ2) is 11.9. The van der Waals surface area contributed by atoms with Crippen molar-refractivity contribution in [1.29, 1.82) is 0 Å². The highest BCUT2D eigenvalue weighted by Crippen LogP contribution is 2.35. The molecule has 0 spiro atoms. The average Bonchev–Trinajstić information content (AvgIpc) is 3.08. The van der Waals surface area contributed by atoms with Gasteiger partial charge in [-0.15, -0.1) is 0 Å². The number of para-hydroxylation sites is 1. The zero-order chi connectivity index (χ0) is 24.9.